The molecule has 7 heteroatoms. The third kappa shape index (κ3) is 4.95. The second kappa shape index (κ2) is 10.3. The van der Waals surface area contributed by atoms with E-state index in [9.17, 15) is 4.79 Å². The Hall–Kier alpha value is -3.29. The fourth-order valence-electron chi connectivity index (χ4n) is 4.10. The Morgan fingerprint density at radius 3 is 2.53 bits per heavy atom. The van der Waals surface area contributed by atoms with Gasteiger partial charge in [-0.2, -0.15) is 0 Å². The first-order valence-electron chi connectivity index (χ1n) is 10.8. The lowest BCUT2D eigenvalue weighted by atomic mass is 10.0. The van der Waals surface area contributed by atoms with Crippen LogP contribution in [0.15, 0.2) is 60.7 Å². The zero-order valence-corrected chi connectivity index (χ0v) is 18.5. The lowest BCUT2D eigenvalue weighted by Gasteiger charge is -2.35. The quantitative estimate of drug-likeness (QED) is 0.586. The highest BCUT2D eigenvalue weighted by atomic mass is 16.5. The van der Waals surface area contributed by atoms with Crippen molar-refractivity contribution in [3.8, 4) is 11.5 Å². The number of carbonyl (C=O) groups is 1. The van der Waals surface area contributed by atoms with Crippen LogP contribution in [-0.4, -0.2) is 58.0 Å². The SMILES string of the molecule is COc1ccc([C@H](CNC(=O)Nc2cccc3ccccc23)N2CCOCC2)cc1OC. The van der Waals surface area contributed by atoms with Crippen LogP contribution >= 0.6 is 0 Å². The number of methoxy groups -OCH3 is 2. The van der Waals surface area contributed by atoms with Gasteiger partial charge in [-0.1, -0.05) is 42.5 Å². The monoisotopic (exact) mass is 435 g/mol. The maximum atomic E-state index is 12.8. The lowest BCUT2D eigenvalue weighted by Crippen LogP contribution is -2.44. The van der Waals surface area contributed by atoms with Crippen LogP contribution < -0.4 is 20.1 Å². The topological polar surface area (TPSA) is 72.1 Å². The number of morpholine rings is 1. The van der Waals surface area contributed by atoms with Gasteiger partial charge in [-0.15, -0.1) is 0 Å². The number of hydrogen-bond donors (Lipinski definition) is 2. The van der Waals surface area contributed by atoms with Gasteiger partial charge in [-0.25, -0.2) is 4.79 Å². The van der Waals surface area contributed by atoms with Crippen LogP contribution in [0.2, 0.25) is 0 Å². The molecule has 168 valence electrons. The van der Waals surface area contributed by atoms with E-state index in [1.807, 2.05) is 60.7 Å². The molecule has 1 aliphatic heterocycles. The first kappa shape index (κ1) is 21.9. The van der Waals surface area contributed by atoms with Crippen molar-refractivity contribution in [2.24, 2.45) is 0 Å². The third-order valence-corrected chi connectivity index (χ3v) is 5.77. The normalized spacial score (nSPS) is 15.2. The van der Waals surface area contributed by atoms with Crippen LogP contribution in [0, 0.1) is 0 Å². The number of urea groups is 1. The molecule has 0 aromatic heterocycles. The summed E-state index contributed by atoms with van der Waals surface area (Å²) in [5.74, 6) is 1.35. The van der Waals surface area contributed by atoms with Gasteiger partial charge in [0.1, 0.15) is 0 Å². The standard InChI is InChI=1S/C25H29N3O4/c1-30-23-11-10-19(16-24(23)31-2)22(28-12-14-32-15-13-28)17-26-25(29)27-21-9-5-7-18-6-3-4-8-20(18)21/h3-11,16,22H,12-15,17H2,1-2H3,(H2,26,27,29)/t22-/m0/s1. The first-order valence-corrected chi connectivity index (χ1v) is 10.8. The predicted molar refractivity (Wildman–Crippen MR) is 126 cm³/mol. The minimum Gasteiger partial charge on any atom is -0.493 e. The third-order valence-electron chi connectivity index (χ3n) is 5.77. The van der Waals surface area contributed by atoms with Gasteiger partial charge in [0.05, 0.1) is 39.2 Å². The van der Waals surface area contributed by atoms with Crippen molar-refractivity contribution in [3.63, 3.8) is 0 Å². The zero-order chi connectivity index (χ0) is 22.3. The van der Waals surface area contributed by atoms with Crippen molar-refractivity contribution in [1.29, 1.82) is 0 Å². The van der Waals surface area contributed by atoms with Crippen molar-refractivity contribution in [3.05, 3.63) is 66.2 Å². The van der Waals surface area contributed by atoms with Crippen LogP contribution in [0.4, 0.5) is 10.5 Å². The van der Waals surface area contributed by atoms with E-state index in [0.29, 0.717) is 31.3 Å². The van der Waals surface area contributed by atoms with Gasteiger partial charge in [0.2, 0.25) is 0 Å². The molecule has 32 heavy (non-hydrogen) atoms. The summed E-state index contributed by atoms with van der Waals surface area (Å²) in [6.45, 7) is 3.39. The molecule has 0 radical (unpaired) electrons. The number of ether oxygens (including phenoxy) is 3. The van der Waals surface area contributed by atoms with Gasteiger partial charge >= 0.3 is 6.03 Å². The van der Waals surface area contributed by atoms with Gasteiger partial charge in [0.15, 0.2) is 11.5 Å². The van der Waals surface area contributed by atoms with Crippen LogP contribution in [-0.2, 0) is 4.74 Å². The van der Waals surface area contributed by atoms with Gasteiger partial charge in [-0.05, 0) is 29.1 Å². The van der Waals surface area contributed by atoms with Crippen molar-refractivity contribution >= 4 is 22.5 Å². The van der Waals surface area contributed by atoms with E-state index in [2.05, 4.69) is 15.5 Å². The van der Waals surface area contributed by atoms with E-state index >= 15 is 0 Å². The van der Waals surface area contributed by atoms with E-state index < -0.39 is 0 Å². The molecular formula is C25H29N3O4. The van der Waals surface area contributed by atoms with E-state index in [1.165, 1.54) is 0 Å². The molecule has 0 aliphatic carbocycles. The molecule has 1 aliphatic rings. The summed E-state index contributed by atoms with van der Waals surface area (Å²) in [4.78, 5) is 15.1. The molecule has 0 bridgehead atoms. The summed E-state index contributed by atoms with van der Waals surface area (Å²) in [6, 6.07) is 19.5. The molecule has 1 heterocycles. The maximum absolute atomic E-state index is 12.8. The van der Waals surface area contributed by atoms with Crippen LogP contribution in [0.3, 0.4) is 0 Å². The second-order valence-corrected chi connectivity index (χ2v) is 7.64. The number of nitrogens with zero attached hydrogens (tertiary/aromatic N) is 1. The molecule has 1 fully saturated rings. The summed E-state index contributed by atoms with van der Waals surface area (Å²) >= 11 is 0. The van der Waals surface area contributed by atoms with Crippen molar-refractivity contribution in [2.75, 3.05) is 52.4 Å². The fourth-order valence-corrected chi connectivity index (χ4v) is 4.10. The minimum atomic E-state index is -0.236. The summed E-state index contributed by atoms with van der Waals surface area (Å²) in [5.41, 5.74) is 1.84. The Bertz CT molecular complexity index is 1060. The average Bonchev–Trinajstić information content (AvgIpc) is 2.85. The number of anilines is 1. The Labute approximate surface area is 188 Å². The molecule has 0 unspecified atom stereocenters. The summed E-state index contributed by atoms with van der Waals surface area (Å²) in [6.07, 6.45) is 0. The Kier molecular flexibility index (Phi) is 7.09. The molecule has 1 atom stereocenters. The van der Waals surface area contributed by atoms with E-state index in [4.69, 9.17) is 14.2 Å². The number of amides is 2. The highest BCUT2D eigenvalue weighted by molar-refractivity contribution is 6.01. The van der Waals surface area contributed by atoms with Crippen molar-refractivity contribution < 1.29 is 19.0 Å². The second-order valence-electron chi connectivity index (χ2n) is 7.64. The number of benzene rings is 3. The molecule has 3 aromatic carbocycles. The number of carbonyl (C=O) groups excluding carboxylic acids is 1. The molecule has 4 rings (SSSR count). The molecule has 7 nitrogen and oxygen atoms in total. The largest absolute Gasteiger partial charge is 0.493 e. The van der Waals surface area contributed by atoms with Gasteiger partial charge in [0, 0.05) is 25.0 Å². The highest BCUT2D eigenvalue weighted by Gasteiger charge is 2.24. The van der Waals surface area contributed by atoms with Crippen LogP contribution in [0.1, 0.15) is 11.6 Å². The Morgan fingerprint density at radius 2 is 1.75 bits per heavy atom. The van der Waals surface area contributed by atoms with Crippen LogP contribution in [0.25, 0.3) is 10.8 Å². The summed E-state index contributed by atoms with van der Waals surface area (Å²) in [7, 11) is 3.25. The molecule has 1 saturated heterocycles. The number of rotatable bonds is 7. The summed E-state index contributed by atoms with van der Waals surface area (Å²) in [5, 5.41) is 8.14. The van der Waals surface area contributed by atoms with E-state index in [1.54, 1.807) is 14.2 Å². The Balaban J connectivity index is 1.50. The number of fused-ring (bicyclic) bond motifs is 1. The first-order chi connectivity index (χ1) is 15.7. The molecule has 3 aromatic rings. The van der Waals surface area contributed by atoms with E-state index in [-0.39, 0.29) is 12.1 Å². The molecule has 0 spiro atoms. The number of nitrogens with one attached hydrogen (secondary N) is 2. The van der Waals surface area contributed by atoms with Gasteiger partial charge in [0.25, 0.3) is 0 Å². The summed E-state index contributed by atoms with van der Waals surface area (Å²) < 4.78 is 16.4. The molecule has 2 N–H and O–H groups in total. The van der Waals surface area contributed by atoms with E-state index in [0.717, 1.165) is 35.1 Å². The van der Waals surface area contributed by atoms with Crippen molar-refractivity contribution in [2.45, 2.75) is 6.04 Å². The molecule has 0 saturated carbocycles. The molecular weight excluding hydrogens is 406 g/mol. The molecule has 2 amide bonds. The van der Waals surface area contributed by atoms with Crippen LogP contribution in [0.5, 0.6) is 11.5 Å². The van der Waals surface area contributed by atoms with Gasteiger partial charge in [-0.3, -0.25) is 4.90 Å². The van der Waals surface area contributed by atoms with Crippen molar-refractivity contribution in [1.82, 2.24) is 10.2 Å². The zero-order valence-electron chi connectivity index (χ0n) is 18.5. The highest BCUT2D eigenvalue weighted by Crippen LogP contribution is 2.32. The lowest BCUT2D eigenvalue weighted by molar-refractivity contribution is 0.0167. The smallest absolute Gasteiger partial charge is 0.319 e. The average molecular weight is 436 g/mol. The Morgan fingerprint density at radius 1 is 1.00 bits per heavy atom. The predicted octanol–water partition coefficient (Wildman–Crippen LogP) is 4.05. The van der Waals surface area contributed by atoms with Gasteiger partial charge < -0.3 is 24.8 Å². The minimum absolute atomic E-state index is 0.0167. The fraction of sp³-hybridized carbons (Fsp3) is 0.320. The number of hydrogen-bond acceptors (Lipinski definition) is 5. The maximum Gasteiger partial charge on any atom is 0.319 e.